The highest BCUT2D eigenvalue weighted by Gasteiger charge is 2.26. The number of anilines is 8. The van der Waals surface area contributed by atoms with E-state index in [0.717, 1.165) is 132 Å². The van der Waals surface area contributed by atoms with Gasteiger partial charge in [-0.1, -0.05) is 275 Å². The molecule has 0 aliphatic rings. The van der Waals surface area contributed by atoms with E-state index in [2.05, 4.69) is 360 Å². The quantitative estimate of drug-likeness (QED) is 0.120. The number of halogens is 2. The molecule has 23 aromatic rings. The maximum absolute atomic E-state index is 5.23. The van der Waals surface area contributed by atoms with Crippen molar-refractivity contribution < 1.29 is 0 Å². The fraction of sp³-hybridized carbons (Fsp3) is 0. The summed E-state index contributed by atoms with van der Waals surface area (Å²) in [6.07, 6.45) is 5.44. The molecule has 0 aliphatic heterocycles. The van der Waals surface area contributed by atoms with Crippen molar-refractivity contribution in [2.45, 2.75) is 0 Å². The Morgan fingerprint density at radius 1 is 0.198 bits per heavy atom. The van der Waals surface area contributed by atoms with Gasteiger partial charge in [-0.3, -0.25) is 9.80 Å². The minimum atomic E-state index is 0.777. The van der Waals surface area contributed by atoms with Gasteiger partial charge < -0.3 is 5.32 Å². The summed E-state index contributed by atoms with van der Waals surface area (Å²) in [7, 11) is 0. The van der Waals surface area contributed by atoms with Gasteiger partial charge in [0.25, 0.3) is 0 Å². The van der Waals surface area contributed by atoms with Crippen molar-refractivity contribution in [3.8, 4) is 44.5 Å². The number of nitrogens with one attached hydrogen (secondary N) is 1. The van der Waals surface area contributed by atoms with Crippen LogP contribution in [0.15, 0.2) is 434 Å². The molecule has 0 bridgehead atoms. The largest absolute Gasteiger partial charge is 0.325 e. The zero-order chi connectivity index (χ0) is 80.7. The number of hydrogen-bond acceptors (Lipinski definition) is 9. The molecule has 570 valence electrons. The summed E-state index contributed by atoms with van der Waals surface area (Å²) in [5.74, 6) is 4.73. The molecule has 0 spiro atoms. The molecule has 6 aromatic heterocycles. The van der Waals surface area contributed by atoms with E-state index in [1.807, 2.05) is 116 Å². The van der Waals surface area contributed by atoms with Crippen LogP contribution in [0.4, 0.5) is 46.3 Å². The molecule has 0 atom stereocenters. The molecule has 0 unspecified atom stereocenters. The van der Waals surface area contributed by atoms with Crippen molar-refractivity contribution in [1.82, 2.24) is 29.9 Å². The van der Waals surface area contributed by atoms with Gasteiger partial charge in [-0.2, -0.15) is 0 Å². The van der Waals surface area contributed by atoms with Gasteiger partial charge in [-0.05, 0) is 294 Å². The van der Waals surface area contributed by atoms with Gasteiger partial charge in [0.1, 0.15) is 34.9 Å². The molecule has 0 saturated carbocycles. The van der Waals surface area contributed by atoms with E-state index in [9.17, 15) is 0 Å². The first kappa shape index (κ1) is 73.5. The van der Waals surface area contributed by atoms with Crippen LogP contribution >= 0.6 is 31.9 Å². The third kappa shape index (κ3) is 14.5. The van der Waals surface area contributed by atoms with Crippen LogP contribution in [0.1, 0.15) is 0 Å². The fourth-order valence-corrected chi connectivity index (χ4v) is 17.8. The van der Waals surface area contributed by atoms with E-state index in [4.69, 9.17) is 19.9 Å². The minimum absolute atomic E-state index is 0.777. The van der Waals surface area contributed by atoms with E-state index in [1.165, 1.54) is 86.9 Å². The van der Waals surface area contributed by atoms with Crippen LogP contribution in [0.2, 0.25) is 0 Å². The van der Waals surface area contributed by atoms with E-state index < -0.39 is 0 Å². The van der Waals surface area contributed by atoms with E-state index in [-0.39, 0.29) is 0 Å². The van der Waals surface area contributed by atoms with Crippen molar-refractivity contribution in [1.29, 1.82) is 0 Å². The van der Waals surface area contributed by atoms with Crippen molar-refractivity contribution in [3.63, 3.8) is 0 Å². The second-order valence-electron chi connectivity index (χ2n) is 30.1. The Morgan fingerprint density at radius 3 is 0.868 bits per heavy atom. The molecule has 0 radical (unpaired) electrons. The second-order valence-corrected chi connectivity index (χ2v) is 31.9. The van der Waals surface area contributed by atoms with Crippen LogP contribution in [0.25, 0.3) is 163 Å². The predicted octanol–water partition coefficient (Wildman–Crippen LogP) is 31.0. The first-order valence-corrected chi connectivity index (χ1v) is 41.9. The van der Waals surface area contributed by atoms with E-state index in [1.54, 1.807) is 6.20 Å². The molecule has 0 fully saturated rings. The summed E-state index contributed by atoms with van der Waals surface area (Å²) in [5.41, 5.74) is 14.2. The minimum Gasteiger partial charge on any atom is -0.325 e. The average molecular weight is 1680 g/mol. The average Bonchev–Trinajstić information content (AvgIpc) is 0.714. The predicted molar refractivity (Wildman–Crippen MR) is 515 cm³/mol. The van der Waals surface area contributed by atoms with E-state index >= 15 is 0 Å². The van der Waals surface area contributed by atoms with E-state index in [0.29, 0.717) is 0 Å². The van der Waals surface area contributed by atoms with Crippen molar-refractivity contribution >= 4 is 197 Å². The Balaban J connectivity index is 0.000000140. The van der Waals surface area contributed by atoms with Crippen molar-refractivity contribution in [2.75, 3.05) is 15.1 Å². The SMILES string of the molecule is Brc1ccc2c(-c3ccc4ccccc4c3)c3cc(Br)ccc3c(-c3ccc4ccccc4c3)c2c1.c1ccc(N(c2ccc3c(-c4ccc5ccccc5c4)c4cc(N(c5ccccn5)c5ccc6ccccc6n5)ccc4c(-c4ccc5ccccc5c4)c3c2)c2ccc3ccccc3n2)nc1.c1ccc(Nc2ccc3ccccc3n2)nc1. The topological polar surface area (TPSA) is 95.9 Å². The van der Waals surface area contributed by atoms with Gasteiger partial charge in [0.15, 0.2) is 0 Å². The lowest BCUT2D eigenvalue weighted by Gasteiger charge is -2.26. The monoisotopic (exact) mass is 1680 g/mol. The Kier molecular flexibility index (Phi) is 19.5. The number of hydrogen-bond donors (Lipinski definition) is 1. The molecule has 1 N–H and O–H groups in total. The lowest BCUT2D eigenvalue weighted by molar-refractivity contribution is 1.14. The summed E-state index contributed by atoms with van der Waals surface area (Å²) in [6, 6.07) is 144. The van der Waals surface area contributed by atoms with Gasteiger partial charge >= 0.3 is 0 Å². The molecule has 121 heavy (non-hydrogen) atoms. The van der Waals surface area contributed by atoms with Crippen LogP contribution in [0.5, 0.6) is 0 Å². The Labute approximate surface area is 715 Å². The van der Waals surface area contributed by atoms with Gasteiger partial charge in [-0.25, -0.2) is 29.9 Å². The van der Waals surface area contributed by atoms with Crippen LogP contribution in [0.3, 0.4) is 0 Å². The second kappa shape index (κ2) is 32.1. The summed E-state index contributed by atoms with van der Waals surface area (Å²) in [4.78, 5) is 33.3. The van der Waals surface area contributed by atoms with Crippen LogP contribution < -0.4 is 15.1 Å². The third-order valence-electron chi connectivity index (χ3n) is 22.7. The molecule has 11 heteroatoms. The normalized spacial score (nSPS) is 11.4. The molecule has 0 aliphatic carbocycles. The highest BCUT2D eigenvalue weighted by atomic mass is 79.9. The van der Waals surface area contributed by atoms with Crippen LogP contribution in [-0.4, -0.2) is 29.9 Å². The Hall–Kier alpha value is -15.1. The summed E-state index contributed by atoms with van der Waals surface area (Å²) in [5, 5.41) is 25.7. The molecular weight excluding hydrogens is 1610 g/mol. The smallest absolute Gasteiger partial charge is 0.139 e. The Morgan fingerprint density at radius 2 is 0.504 bits per heavy atom. The highest BCUT2D eigenvalue weighted by Crippen LogP contribution is 2.51. The molecule has 9 nitrogen and oxygen atoms in total. The third-order valence-corrected chi connectivity index (χ3v) is 23.7. The molecule has 0 saturated heterocycles. The van der Waals surface area contributed by atoms with Gasteiger partial charge in [0.05, 0.1) is 16.6 Å². The maximum atomic E-state index is 5.23. The molecular formula is C110H71Br2N9. The van der Waals surface area contributed by atoms with Crippen LogP contribution in [-0.2, 0) is 0 Å². The maximum Gasteiger partial charge on any atom is 0.139 e. The summed E-state index contributed by atoms with van der Waals surface area (Å²) < 4.78 is 2.16. The fourth-order valence-electron chi connectivity index (χ4n) is 17.1. The number of benzene rings is 17. The lowest BCUT2D eigenvalue weighted by Crippen LogP contribution is -2.13. The van der Waals surface area contributed by atoms with Crippen molar-refractivity contribution in [3.05, 3.63) is 434 Å². The lowest BCUT2D eigenvalue weighted by atomic mass is 9.84. The molecule has 17 aromatic carbocycles. The molecule has 0 amide bonds. The highest BCUT2D eigenvalue weighted by molar-refractivity contribution is 9.10. The summed E-state index contributed by atoms with van der Waals surface area (Å²) >= 11 is 7.52. The first-order chi connectivity index (χ1) is 59.8. The number of fused-ring (bicyclic) bond motifs is 11. The number of pyridine rings is 6. The zero-order valence-electron chi connectivity index (χ0n) is 65.2. The first-order valence-electron chi connectivity index (χ1n) is 40.3. The van der Waals surface area contributed by atoms with Crippen molar-refractivity contribution in [2.24, 2.45) is 0 Å². The van der Waals surface area contributed by atoms with Crippen LogP contribution in [0, 0.1) is 0 Å². The zero-order valence-corrected chi connectivity index (χ0v) is 68.4. The van der Waals surface area contributed by atoms with Gasteiger partial charge in [-0.15, -0.1) is 0 Å². The van der Waals surface area contributed by atoms with Gasteiger partial charge in [0.2, 0.25) is 0 Å². The van der Waals surface area contributed by atoms with Gasteiger partial charge in [0, 0.05) is 55.1 Å². The number of aromatic nitrogens is 6. The number of nitrogens with zero attached hydrogens (tertiary/aromatic N) is 8. The number of rotatable bonds is 12. The molecule has 23 rings (SSSR count). The standard InChI is InChI=1S/C62H40N6.C34H20Br2.C14H11N3/c1-3-17-45-37-47(25-23-41(45)13-1)61-51-31-29-50(68(58-22-10-12-36-64-58)60-34-28-44-16-6-8-20-56(44)66-60)40-54(51)62(48-26-24-42-14-2-4-18-46(42)38-48)52-32-30-49(39-53(52)61)67(57-21-9-11-35-63-57)59-33-27-43-15-5-7-19-55(43)65-59;35-27-14-16-30-31(19-27)33(25-11-9-21-5-1-3-7-23(21)17-25)29-15-13-28(36)20-32(29)34(30)26-12-10-22-6-2-4-8-24(22)18-26;1-2-6-12-11(5-1)8-9-14(16-12)17-13-7-3-4-10-15-13/h1-40H;1-20H;1-10H,(H,15,16,17). The number of para-hydroxylation sites is 3. The Bertz CT molecular complexity index is 7540. The summed E-state index contributed by atoms with van der Waals surface area (Å²) in [6.45, 7) is 0. The molecule has 6 heterocycles.